The van der Waals surface area contributed by atoms with E-state index < -0.39 is 0 Å². The lowest BCUT2D eigenvalue weighted by atomic mass is 10.1. The van der Waals surface area contributed by atoms with Crippen molar-refractivity contribution in [2.75, 3.05) is 0 Å². The Kier molecular flexibility index (Phi) is 3.48. The van der Waals surface area contributed by atoms with Crippen LogP contribution < -0.4 is 5.73 Å². The van der Waals surface area contributed by atoms with Gasteiger partial charge in [0.2, 0.25) is 0 Å². The van der Waals surface area contributed by atoms with Crippen LogP contribution in [0.1, 0.15) is 28.1 Å². The summed E-state index contributed by atoms with van der Waals surface area (Å²) < 4.78 is 15.7. The SMILES string of the molecule is Cc1nn(Cc2ccc(CN)cc2F)c(C)c1C. The second-order valence-electron chi connectivity index (χ2n) is 4.58. The van der Waals surface area contributed by atoms with E-state index >= 15 is 0 Å². The Morgan fingerprint density at radius 3 is 2.50 bits per heavy atom. The number of hydrogen-bond acceptors (Lipinski definition) is 2. The molecule has 0 saturated carbocycles. The van der Waals surface area contributed by atoms with Crippen molar-refractivity contribution in [2.24, 2.45) is 5.73 Å². The van der Waals surface area contributed by atoms with Crippen LogP contribution in [-0.2, 0) is 13.1 Å². The molecule has 1 aromatic carbocycles. The summed E-state index contributed by atoms with van der Waals surface area (Å²) >= 11 is 0. The lowest BCUT2D eigenvalue weighted by Gasteiger charge is -2.07. The molecule has 1 aromatic heterocycles. The van der Waals surface area contributed by atoms with Crippen molar-refractivity contribution in [3.8, 4) is 0 Å². The molecule has 3 nitrogen and oxygen atoms in total. The van der Waals surface area contributed by atoms with E-state index in [1.54, 1.807) is 6.07 Å². The van der Waals surface area contributed by atoms with Crippen molar-refractivity contribution in [3.05, 3.63) is 52.1 Å². The van der Waals surface area contributed by atoms with Gasteiger partial charge in [0.25, 0.3) is 0 Å². The van der Waals surface area contributed by atoms with Gasteiger partial charge in [-0.1, -0.05) is 12.1 Å². The molecule has 0 saturated heterocycles. The average Bonchev–Trinajstić information content (AvgIpc) is 2.59. The highest BCUT2D eigenvalue weighted by atomic mass is 19.1. The molecular formula is C14H18FN3. The maximum absolute atomic E-state index is 13.9. The highest BCUT2D eigenvalue weighted by Gasteiger charge is 2.10. The molecule has 0 fully saturated rings. The number of nitrogens with two attached hydrogens (primary N) is 1. The first-order valence-electron chi connectivity index (χ1n) is 6.01. The van der Waals surface area contributed by atoms with Crippen LogP contribution in [0.3, 0.4) is 0 Å². The molecule has 96 valence electrons. The standard InChI is InChI=1S/C14H18FN3/c1-9-10(2)17-18(11(9)3)8-13-5-4-12(7-16)6-14(13)15/h4-6H,7-8,16H2,1-3H3. The van der Waals surface area contributed by atoms with Crippen molar-refractivity contribution in [3.63, 3.8) is 0 Å². The number of aromatic nitrogens is 2. The van der Waals surface area contributed by atoms with Crippen molar-refractivity contribution in [1.82, 2.24) is 9.78 Å². The van der Waals surface area contributed by atoms with Crippen LogP contribution in [0.4, 0.5) is 4.39 Å². The Hall–Kier alpha value is -1.68. The fourth-order valence-electron chi connectivity index (χ4n) is 1.95. The Morgan fingerprint density at radius 1 is 1.28 bits per heavy atom. The number of halogens is 1. The lowest BCUT2D eigenvalue weighted by molar-refractivity contribution is 0.577. The summed E-state index contributed by atoms with van der Waals surface area (Å²) in [6.07, 6.45) is 0. The topological polar surface area (TPSA) is 43.8 Å². The van der Waals surface area contributed by atoms with Crippen LogP contribution in [0, 0.1) is 26.6 Å². The van der Waals surface area contributed by atoms with Crippen LogP contribution in [0.5, 0.6) is 0 Å². The maximum Gasteiger partial charge on any atom is 0.128 e. The predicted molar refractivity (Wildman–Crippen MR) is 69.8 cm³/mol. The Bertz CT molecular complexity index is 573. The third-order valence-electron chi connectivity index (χ3n) is 3.42. The van der Waals surface area contributed by atoms with E-state index in [0.29, 0.717) is 18.7 Å². The van der Waals surface area contributed by atoms with Gasteiger partial charge in [0.15, 0.2) is 0 Å². The normalized spacial score (nSPS) is 10.9. The fourth-order valence-corrected chi connectivity index (χ4v) is 1.95. The van der Waals surface area contributed by atoms with Gasteiger partial charge in [0.1, 0.15) is 5.82 Å². The number of nitrogens with zero attached hydrogens (tertiary/aromatic N) is 2. The van der Waals surface area contributed by atoms with Crippen molar-refractivity contribution < 1.29 is 4.39 Å². The third-order valence-corrected chi connectivity index (χ3v) is 3.42. The average molecular weight is 247 g/mol. The first-order chi connectivity index (χ1) is 8.52. The minimum atomic E-state index is -0.219. The molecule has 0 unspecified atom stereocenters. The predicted octanol–water partition coefficient (Wildman–Crippen LogP) is 2.45. The zero-order valence-corrected chi connectivity index (χ0v) is 11.0. The van der Waals surface area contributed by atoms with Crippen LogP contribution >= 0.6 is 0 Å². The molecule has 0 bridgehead atoms. The summed E-state index contributed by atoms with van der Waals surface area (Å²) in [4.78, 5) is 0. The zero-order valence-electron chi connectivity index (χ0n) is 11.0. The van der Waals surface area contributed by atoms with E-state index in [2.05, 4.69) is 5.10 Å². The van der Waals surface area contributed by atoms with Gasteiger partial charge in [0, 0.05) is 17.8 Å². The zero-order chi connectivity index (χ0) is 13.3. The molecular weight excluding hydrogens is 229 g/mol. The Balaban J connectivity index is 2.31. The van der Waals surface area contributed by atoms with E-state index in [9.17, 15) is 4.39 Å². The van der Waals surface area contributed by atoms with Gasteiger partial charge >= 0.3 is 0 Å². The van der Waals surface area contributed by atoms with E-state index in [4.69, 9.17) is 5.73 Å². The fraction of sp³-hybridized carbons (Fsp3) is 0.357. The molecule has 0 spiro atoms. The number of hydrogen-bond donors (Lipinski definition) is 1. The summed E-state index contributed by atoms with van der Waals surface area (Å²) in [6.45, 7) is 6.81. The van der Waals surface area contributed by atoms with Gasteiger partial charge < -0.3 is 5.73 Å². The maximum atomic E-state index is 13.9. The summed E-state index contributed by atoms with van der Waals surface area (Å²) in [5.41, 5.74) is 10.2. The minimum absolute atomic E-state index is 0.219. The van der Waals surface area contributed by atoms with Crippen LogP contribution in [0.2, 0.25) is 0 Å². The minimum Gasteiger partial charge on any atom is -0.326 e. The number of benzene rings is 1. The summed E-state index contributed by atoms with van der Waals surface area (Å²) in [5.74, 6) is -0.219. The highest BCUT2D eigenvalue weighted by Crippen LogP contribution is 2.16. The molecule has 0 amide bonds. The molecule has 18 heavy (non-hydrogen) atoms. The molecule has 2 rings (SSSR count). The lowest BCUT2D eigenvalue weighted by Crippen LogP contribution is -2.07. The number of aryl methyl sites for hydroxylation is 1. The molecule has 0 radical (unpaired) electrons. The summed E-state index contributed by atoms with van der Waals surface area (Å²) in [7, 11) is 0. The summed E-state index contributed by atoms with van der Waals surface area (Å²) in [5, 5.41) is 4.41. The van der Waals surface area contributed by atoms with Crippen molar-refractivity contribution >= 4 is 0 Å². The Labute approximate surface area is 106 Å². The van der Waals surface area contributed by atoms with Gasteiger partial charge in [-0.15, -0.1) is 0 Å². The second-order valence-corrected chi connectivity index (χ2v) is 4.58. The van der Waals surface area contributed by atoms with Crippen molar-refractivity contribution in [1.29, 1.82) is 0 Å². The quantitative estimate of drug-likeness (QED) is 0.905. The molecule has 2 N–H and O–H groups in total. The van der Waals surface area contributed by atoms with E-state index in [-0.39, 0.29) is 5.82 Å². The van der Waals surface area contributed by atoms with E-state index in [0.717, 1.165) is 22.5 Å². The van der Waals surface area contributed by atoms with Gasteiger partial charge in [-0.3, -0.25) is 4.68 Å². The van der Waals surface area contributed by atoms with Crippen molar-refractivity contribution in [2.45, 2.75) is 33.9 Å². The summed E-state index contributed by atoms with van der Waals surface area (Å²) in [6, 6.07) is 5.13. The Morgan fingerprint density at radius 2 is 2.00 bits per heavy atom. The molecule has 4 heteroatoms. The van der Waals surface area contributed by atoms with E-state index in [1.807, 2.05) is 31.5 Å². The number of rotatable bonds is 3. The smallest absolute Gasteiger partial charge is 0.128 e. The molecule has 0 aliphatic rings. The van der Waals surface area contributed by atoms with E-state index in [1.165, 1.54) is 6.07 Å². The second kappa shape index (κ2) is 4.90. The molecule has 0 aliphatic carbocycles. The van der Waals surface area contributed by atoms with Crippen LogP contribution in [-0.4, -0.2) is 9.78 Å². The van der Waals surface area contributed by atoms with Crippen LogP contribution in [0.25, 0.3) is 0 Å². The molecule has 2 aromatic rings. The third kappa shape index (κ3) is 2.29. The van der Waals surface area contributed by atoms with Gasteiger partial charge in [0.05, 0.1) is 12.2 Å². The molecule has 0 aliphatic heterocycles. The first kappa shape index (κ1) is 12.8. The molecule has 1 heterocycles. The van der Waals surface area contributed by atoms with Gasteiger partial charge in [-0.05, 0) is 38.0 Å². The van der Waals surface area contributed by atoms with Gasteiger partial charge in [-0.25, -0.2) is 4.39 Å². The van der Waals surface area contributed by atoms with Crippen LogP contribution in [0.15, 0.2) is 18.2 Å². The first-order valence-corrected chi connectivity index (χ1v) is 6.01. The largest absolute Gasteiger partial charge is 0.326 e. The van der Waals surface area contributed by atoms with Gasteiger partial charge in [-0.2, -0.15) is 5.10 Å². The molecule has 0 atom stereocenters. The highest BCUT2D eigenvalue weighted by molar-refractivity contribution is 5.27. The monoisotopic (exact) mass is 247 g/mol.